The highest BCUT2D eigenvalue weighted by Crippen LogP contribution is 2.26. The van der Waals surface area contributed by atoms with E-state index in [1.165, 1.54) is 6.42 Å². The predicted molar refractivity (Wildman–Crippen MR) is 87.5 cm³/mol. The van der Waals surface area contributed by atoms with E-state index in [0.29, 0.717) is 38.7 Å². The Hall–Kier alpha value is -0.660. The molecule has 1 amide bonds. The molecule has 0 radical (unpaired) electrons. The van der Waals surface area contributed by atoms with Crippen LogP contribution < -0.4 is 0 Å². The lowest BCUT2D eigenvalue weighted by Gasteiger charge is -2.36. The standard InChI is InChI=1S/C16H28N2O4S/c19-16(15-7-4-12-22-15)17-8-10-18(11-9-17)23(20,21)13-14-5-2-1-3-6-14/h14-15H,1-13H2. The Morgan fingerprint density at radius 1 is 0.957 bits per heavy atom. The number of ether oxygens (including phenoxy) is 1. The van der Waals surface area contributed by atoms with Crippen LogP contribution in [0.4, 0.5) is 0 Å². The van der Waals surface area contributed by atoms with Crippen LogP contribution in [0.2, 0.25) is 0 Å². The van der Waals surface area contributed by atoms with Gasteiger partial charge >= 0.3 is 0 Å². The molecule has 0 bridgehead atoms. The maximum Gasteiger partial charge on any atom is 0.251 e. The Kier molecular flexibility index (Phi) is 5.59. The molecule has 132 valence electrons. The van der Waals surface area contributed by atoms with Crippen molar-refractivity contribution in [2.45, 2.75) is 51.0 Å². The lowest BCUT2D eigenvalue weighted by molar-refractivity contribution is -0.142. The van der Waals surface area contributed by atoms with E-state index in [1.54, 1.807) is 9.21 Å². The van der Waals surface area contributed by atoms with E-state index < -0.39 is 10.0 Å². The summed E-state index contributed by atoms with van der Waals surface area (Å²) in [5, 5.41) is 0. The Labute approximate surface area is 139 Å². The smallest absolute Gasteiger partial charge is 0.251 e. The van der Waals surface area contributed by atoms with Crippen LogP contribution in [-0.2, 0) is 19.6 Å². The van der Waals surface area contributed by atoms with Crippen molar-refractivity contribution in [2.24, 2.45) is 5.92 Å². The molecular weight excluding hydrogens is 316 g/mol. The Balaban J connectivity index is 1.50. The van der Waals surface area contributed by atoms with Crippen molar-refractivity contribution in [3.05, 3.63) is 0 Å². The summed E-state index contributed by atoms with van der Waals surface area (Å²) >= 11 is 0. The Bertz CT molecular complexity index is 502. The molecule has 0 aromatic carbocycles. The number of rotatable bonds is 4. The number of carbonyl (C=O) groups excluding carboxylic acids is 1. The van der Waals surface area contributed by atoms with Crippen LogP contribution in [-0.4, -0.2) is 68.2 Å². The van der Waals surface area contributed by atoms with Crippen LogP contribution in [0, 0.1) is 5.92 Å². The van der Waals surface area contributed by atoms with Gasteiger partial charge in [-0.2, -0.15) is 4.31 Å². The second kappa shape index (κ2) is 7.49. The molecule has 0 N–H and O–H groups in total. The third kappa shape index (κ3) is 4.25. The molecule has 23 heavy (non-hydrogen) atoms. The van der Waals surface area contributed by atoms with Gasteiger partial charge in [-0.25, -0.2) is 8.42 Å². The van der Waals surface area contributed by atoms with E-state index >= 15 is 0 Å². The maximum absolute atomic E-state index is 12.6. The molecule has 1 unspecified atom stereocenters. The van der Waals surface area contributed by atoms with Crippen molar-refractivity contribution >= 4 is 15.9 Å². The van der Waals surface area contributed by atoms with Gasteiger partial charge in [-0.05, 0) is 31.6 Å². The number of sulfonamides is 1. The van der Waals surface area contributed by atoms with E-state index in [4.69, 9.17) is 4.74 Å². The number of carbonyl (C=O) groups is 1. The first kappa shape index (κ1) is 17.2. The van der Waals surface area contributed by atoms with Crippen molar-refractivity contribution in [1.82, 2.24) is 9.21 Å². The SMILES string of the molecule is O=C(C1CCCO1)N1CCN(S(=O)(=O)CC2CCCCC2)CC1. The van der Waals surface area contributed by atoms with E-state index in [1.807, 2.05) is 0 Å². The van der Waals surface area contributed by atoms with E-state index in [0.717, 1.165) is 38.5 Å². The van der Waals surface area contributed by atoms with Crippen molar-refractivity contribution in [3.8, 4) is 0 Å². The number of amides is 1. The van der Waals surface area contributed by atoms with Gasteiger partial charge in [-0.1, -0.05) is 19.3 Å². The quantitative estimate of drug-likeness (QED) is 0.769. The third-order valence-electron chi connectivity index (χ3n) is 5.32. The summed E-state index contributed by atoms with van der Waals surface area (Å²) in [6.45, 7) is 2.48. The molecule has 3 fully saturated rings. The number of nitrogens with zero attached hydrogens (tertiary/aromatic N) is 2. The van der Waals surface area contributed by atoms with Crippen LogP contribution >= 0.6 is 0 Å². The first-order valence-corrected chi connectivity index (χ1v) is 10.6. The van der Waals surface area contributed by atoms with Gasteiger partial charge in [0.1, 0.15) is 6.10 Å². The van der Waals surface area contributed by atoms with Crippen molar-refractivity contribution in [3.63, 3.8) is 0 Å². The Morgan fingerprint density at radius 2 is 1.65 bits per heavy atom. The first-order valence-electron chi connectivity index (χ1n) is 8.94. The predicted octanol–water partition coefficient (Wildman–Crippen LogP) is 1.22. The number of hydrogen-bond donors (Lipinski definition) is 0. The molecule has 3 rings (SSSR count). The molecule has 2 heterocycles. The van der Waals surface area contributed by atoms with Gasteiger partial charge in [0.05, 0.1) is 5.75 Å². The van der Waals surface area contributed by atoms with Gasteiger partial charge in [0.15, 0.2) is 0 Å². The third-order valence-corrected chi connectivity index (χ3v) is 7.36. The average molecular weight is 344 g/mol. The summed E-state index contributed by atoms with van der Waals surface area (Å²) in [5.74, 6) is 0.638. The highest BCUT2D eigenvalue weighted by Gasteiger charge is 2.34. The van der Waals surface area contributed by atoms with Crippen LogP contribution in [0.3, 0.4) is 0 Å². The lowest BCUT2D eigenvalue weighted by atomic mass is 9.91. The molecule has 2 saturated heterocycles. The molecular formula is C16H28N2O4S. The number of piperazine rings is 1. The van der Waals surface area contributed by atoms with E-state index in [-0.39, 0.29) is 17.8 Å². The van der Waals surface area contributed by atoms with Gasteiger partial charge < -0.3 is 9.64 Å². The largest absolute Gasteiger partial charge is 0.368 e. The zero-order valence-electron chi connectivity index (χ0n) is 13.8. The summed E-state index contributed by atoms with van der Waals surface area (Å²) in [6.07, 6.45) is 7.05. The minimum absolute atomic E-state index is 0.0341. The van der Waals surface area contributed by atoms with Gasteiger partial charge in [0.25, 0.3) is 5.91 Å². The van der Waals surface area contributed by atoms with Gasteiger partial charge in [0, 0.05) is 32.8 Å². The van der Waals surface area contributed by atoms with E-state index in [2.05, 4.69) is 0 Å². The Morgan fingerprint density at radius 3 is 2.26 bits per heavy atom. The summed E-state index contributed by atoms with van der Waals surface area (Å²) in [7, 11) is -3.19. The molecule has 1 saturated carbocycles. The molecule has 1 aliphatic carbocycles. The highest BCUT2D eigenvalue weighted by molar-refractivity contribution is 7.89. The molecule has 0 spiro atoms. The minimum atomic E-state index is -3.19. The lowest BCUT2D eigenvalue weighted by Crippen LogP contribution is -2.53. The maximum atomic E-state index is 12.6. The summed E-state index contributed by atoms with van der Waals surface area (Å²) in [5.41, 5.74) is 0. The first-order chi connectivity index (χ1) is 11.1. The molecule has 6 nitrogen and oxygen atoms in total. The molecule has 1 atom stereocenters. The van der Waals surface area contributed by atoms with Crippen LogP contribution in [0.1, 0.15) is 44.9 Å². The highest BCUT2D eigenvalue weighted by atomic mass is 32.2. The zero-order valence-corrected chi connectivity index (χ0v) is 14.6. The fourth-order valence-corrected chi connectivity index (χ4v) is 5.78. The molecule has 0 aromatic heterocycles. The van der Waals surface area contributed by atoms with Gasteiger partial charge in [0.2, 0.25) is 10.0 Å². The molecule has 0 aromatic rings. The fraction of sp³-hybridized carbons (Fsp3) is 0.938. The normalized spacial score (nSPS) is 28.2. The summed E-state index contributed by atoms with van der Waals surface area (Å²) < 4.78 is 32.2. The topological polar surface area (TPSA) is 66.9 Å². The monoisotopic (exact) mass is 344 g/mol. The number of hydrogen-bond acceptors (Lipinski definition) is 4. The molecule has 3 aliphatic rings. The molecule has 7 heteroatoms. The van der Waals surface area contributed by atoms with Gasteiger partial charge in [-0.15, -0.1) is 0 Å². The van der Waals surface area contributed by atoms with Gasteiger partial charge in [-0.3, -0.25) is 4.79 Å². The fourth-order valence-electron chi connectivity index (χ4n) is 3.92. The van der Waals surface area contributed by atoms with Crippen LogP contribution in [0.5, 0.6) is 0 Å². The molecule has 2 aliphatic heterocycles. The van der Waals surface area contributed by atoms with Crippen molar-refractivity contribution in [1.29, 1.82) is 0 Å². The second-order valence-electron chi connectivity index (χ2n) is 7.01. The second-order valence-corrected chi connectivity index (χ2v) is 9.02. The van der Waals surface area contributed by atoms with Crippen molar-refractivity contribution in [2.75, 3.05) is 38.5 Å². The summed E-state index contributed by atoms with van der Waals surface area (Å²) in [4.78, 5) is 14.1. The minimum Gasteiger partial charge on any atom is -0.368 e. The summed E-state index contributed by atoms with van der Waals surface area (Å²) in [6, 6.07) is 0. The van der Waals surface area contributed by atoms with E-state index in [9.17, 15) is 13.2 Å². The van der Waals surface area contributed by atoms with Crippen LogP contribution in [0.15, 0.2) is 0 Å². The average Bonchev–Trinajstić information content (AvgIpc) is 3.09. The van der Waals surface area contributed by atoms with Crippen molar-refractivity contribution < 1.29 is 17.9 Å². The zero-order chi connectivity index (χ0) is 16.3. The van der Waals surface area contributed by atoms with Crippen LogP contribution in [0.25, 0.3) is 0 Å².